The highest BCUT2D eigenvalue weighted by Crippen LogP contribution is 2.52. The number of ether oxygens (including phenoxy) is 1. The van der Waals surface area contributed by atoms with Gasteiger partial charge in [0.2, 0.25) is 0 Å². The van der Waals surface area contributed by atoms with Gasteiger partial charge in [-0.3, -0.25) is 4.90 Å². The van der Waals surface area contributed by atoms with Gasteiger partial charge >= 0.3 is 0 Å². The largest absolute Gasteiger partial charge is 0.384 e. The molecular formula is C15H22N2O. The number of piperidine rings is 2. The molecule has 1 aromatic rings. The average molecular weight is 246 g/mol. The van der Waals surface area contributed by atoms with Gasteiger partial charge in [-0.15, -0.1) is 0 Å². The highest BCUT2D eigenvalue weighted by molar-refractivity contribution is 5.18. The van der Waals surface area contributed by atoms with Crippen molar-refractivity contribution in [2.24, 2.45) is 11.1 Å². The smallest absolute Gasteiger partial charge is 0.0532 e. The molecule has 0 unspecified atom stereocenters. The average Bonchev–Trinajstić information content (AvgIpc) is 2.28. The van der Waals surface area contributed by atoms with E-state index in [0.29, 0.717) is 5.41 Å². The lowest BCUT2D eigenvalue weighted by Gasteiger charge is -2.62. The Morgan fingerprint density at radius 2 is 1.94 bits per heavy atom. The van der Waals surface area contributed by atoms with Crippen LogP contribution in [0.5, 0.6) is 0 Å². The predicted octanol–water partition coefficient (Wildman–Crippen LogP) is 1.63. The van der Waals surface area contributed by atoms with Gasteiger partial charge in [-0.2, -0.15) is 0 Å². The number of nitrogens with two attached hydrogens (primary N) is 1. The summed E-state index contributed by atoms with van der Waals surface area (Å²) in [5, 5.41) is 0. The topological polar surface area (TPSA) is 38.5 Å². The van der Waals surface area contributed by atoms with Gasteiger partial charge in [0.1, 0.15) is 0 Å². The number of hydrogen-bond donors (Lipinski definition) is 1. The van der Waals surface area contributed by atoms with Crippen molar-refractivity contribution in [2.45, 2.75) is 24.9 Å². The molecule has 0 amide bonds. The van der Waals surface area contributed by atoms with E-state index in [4.69, 9.17) is 10.5 Å². The maximum atomic E-state index is 6.41. The number of fused-ring (bicyclic) bond motifs is 2. The van der Waals surface area contributed by atoms with E-state index >= 15 is 0 Å². The summed E-state index contributed by atoms with van der Waals surface area (Å²) in [5.41, 5.74) is 8.13. The van der Waals surface area contributed by atoms with Crippen LogP contribution in [0.15, 0.2) is 30.3 Å². The zero-order chi connectivity index (χ0) is 12.6. The van der Waals surface area contributed by atoms with Crippen LogP contribution in [0.25, 0.3) is 0 Å². The number of nitrogens with zero attached hydrogens (tertiary/aromatic N) is 1. The van der Waals surface area contributed by atoms with Crippen LogP contribution in [0.2, 0.25) is 0 Å². The van der Waals surface area contributed by atoms with Crippen molar-refractivity contribution in [3.05, 3.63) is 35.9 Å². The molecule has 3 heteroatoms. The van der Waals surface area contributed by atoms with Crippen LogP contribution in [0.1, 0.15) is 18.4 Å². The minimum Gasteiger partial charge on any atom is -0.384 e. The highest BCUT2D eigenvalue weighted by atomic mass is 16.5. The third-order valence-corrected chi connectivity index (χ3v) is 4.25. The van der Waals surface area contributed by atoms with Gasteiger partial charge < -0.3 is 10.5 Å². The van der Waals surface area contributed by atoms with Crippen LogP contribution in [-0.4, -0.2) is 37.2 Å². The molecule has 0 atom stereocenters. The second-order valence-corrected chi connectivity index (χ2v) is 6.28. The second kappa shape index (κ2) is 4.34. The summed E-state index contributed by atoms with van der Waals surface area (Å²) in [7, 11) is 1.79. The Morgan fingerprint density at radius 1 is 1.22 bits per heavy atom. The molecule has 0 spiro atoms. The minimum absolute atomic E-state index is 0.0333. The van der Waals surface area contributed by atoms with E-state index in [2.05, 4.69) is 35.2 Å². The molecule has 2 N–H and O–H groups in total. The fourth-order valence-electron chi connectivity index (χ4n) is 4.05. The quantitative estimate of drug-likeness (QED) is 0.877. The van der Waals surface area contributed by atoms with Crippen LogP contribution < -0.4 is 5.73 Å². The number of benzene rings is 1. The molecule has 3 nitrogen and oxygen atoms in total. The van der Waals surface area contributed by atoms with Crippen molar-refractivity contribution in [3.63, 3.8) is 0 Å². The summed E-state index contributed by atoms with van der Waals surface area (Å²) < 4.78 is 5.38. The van der Waals surface area contributed by atoms with Crippen molar-refractivity contribution in [1.82, 2.24) is 4.90 Å². The molecule has 2 aliphatic heterocycles. The molecule has 3 aliphatic rings. The van der Waals surface area contributed by atoms with Gasteiger partial charge in [0, 0.05) is 37.7 Å². The number of rotatable bonds is 4. The molecule has 3 fully saturated rings. The van der Waals surface area contributed by atoms with E-state index < -0.39 is 0 Å². The predicted molar refractivity (Wildman–Crippen MR) is 72.2 cm³/mol. The lowest BCUT2D eigenvalue weighted by Crippen LogP contribution is -2.72. The van der Waals surface area contributed by atoms with Crippen LogP contribution in [0.3, 0.4) is 0 Å². The molecule has 0 aromatic heterocycles. The van der Waals surface area contributed by atoms with Gasteiger partial charge in [0.05, 0.1) is 6.61 Å². The third-order valence-electron chi connectivity index (χ3n) is 4.25. The van der Waals surface area contributed by atoms with E-state index in [1.54, 1.807) is 7.11 Å². The first-order valence-electron chi connectivity index (χ1n) is 6.67. The molecule has 1 aliphatic carbocycles. The van der Waals surface area contributed by atoms with E-state index in [-0.39, 0.29) is 5.54 Å². The van der Waals surface area contributed by atoms with Gasteiger partial charge in [0.25, 0.3) is 0 Å². The van der Waals surface area contributed by atoms with Crippen molar-refractivity contribution in [3.8, 4) is 0 Å². The molecule has 1 aromatic carbocycles. The Balaban J connectivity index is 1.68. The third kappa shape index (κ3) is 2.18. The number of methoxy groups -OCH3 is 1. The van der Waals surface area contributed by atoms with Crippen LogP contribution in [-0.2, 0) is 11.3 Å². The fraction of sp³-hybridized carbons (Fsp3) is 0.600. The molecule has 1 saturated carbocycles. The first-order valence-corrected chi connectivity index (χ1v) is 6.67. The zero-order valence-corrected chi connectivity index (χ0v) is 11.1. The van der Waals surface area contributed by atoms with Crippen molar-refractivity contribution >= 4 is 0 Å². The summed E-state index contributed by atoms with van der Waals surface area (Å²) in [4.78, 5) is 2.49. The Labute approximate surface area is 109 Å². The van der Waals surface area contributed by atoms with Crippen LogP contribution in [0, 0.1) is 5.41 Å². The fourth-order valence-corrected chi connectivity index (χ4v) is 4.05. The minimum atomic E-state index is 0.0333. The van der Waals surface area contributed by atoms with Gasteiger partial charge in [-0.25, -0.2) is 0 Å². The van der Waals surface area contributed by atoms with E-state index in [0.717, 1.165) is 39.1 Å². The first-order chi connectivity index (χ1) is 8.63. The van der Waals surface area contributed by atoms with E-state index in [1.165, 1.54) is 5.56 Å². The highest BCUT2D eigenvalue weighted by Gasteiger charge is 2.57. The summed E-state index contributed by atoms with van der Waals surface area (Å²) in [6.07, 6.45) is 2.25. The standard InChI is InChI=1S/C15H22N2O/c1-18-12-14-8-15(16,9-14)11-17(10-14)7-13-5-3-2-4-6-13/h2-6H,7-12,16H2,1H3. The summed E-state index contributed by atoms with van der Waals surface area (Å²) in [6.45, 7) is 3.99. The summed E-state index contributed by atoms with van der Waals surface area (Å²) >= 11 is 0. The zero-order valence-electron chi connectivity index (χ0n) is 11.1. The lowest BCUT2D eigenvalue weighted by atomic mass is 9.55. The molecule has 0 radical (unpaired) electrons. The van der Waals surface area contributed by atoms with Gasteiger partial charge in [-0.1, -0.05) is 30.3 Å². The number of hydrogen-bond acceptors (Lipinski definition) is 3. The van der Waals surface area contributed by atoms with Crippen molar-refractivity contribution < 1.29 is 4.74 Å². The Hall–Kier alpha value is -0.900. The van der Waals surface area contributed by atoms with Gasteiger partial charge in [0.15, 0.2) is 0 Å². The molecule has 4 rings (SSSR count). The monoisotopic (exact) mass is 246 g/mol. The lowest BCUT2D eigenvalue weighted by molar-refractivity contribution is -0.117. The molecule has 2 bridgehead atoms. The normalized spacial score (nSPS) is 35.2. The Kier molecular flexibility index (Phi) is 2.93. The van der Waals surface area contributed by atoms with Crippen LogP contribution in [0.4, 0.5) is 0 Å². The second-order valence-electron chi connectivity index (χ2n) is 6.28. The first kappa shape index (κ1) is 12.2. The van der Waals surface area contributed by atoms with Gasteiger partial charge in [-0.05, 0) is 18.4 Å². The molecular weight excluding hydrogens is 224 g/mol. The molecule has 98 valence electrons. The molecule has 18 heavy (non-hydrogen) atoms. The summed E-state index contributed by atoms with van der Waals surface area (Å²) in [5.74, 6) is 0. The van der Waals surface area contributed by atoms with E-state index in [9.17, 15) is 0 Å². The Bertz CT molecular complexity index is 412. The van der Waals surface area contributed by atoms with E-state index in [1.807, 2.05) is 0 Å². The van der Waals surface area contributed by atoms with Crippen molar-refractivity contribution in [1.29, 1.82) is 0 Å². The SMILES string of the molecule is COCC12CN(Cc3ccccc3)CC(N)(C1)C2. The summed E-state index contributed by atoms with van der Waals surface area (Å²) in [6, 6.07) is 10.6. The molecule has 2 heterocycles. The maximum absolute atomic E-state index is 6.41. The Morgan fingerprint density at radius 3 is 2.61 bits per heavy atom. The van der Waals surface area contributed by atoms with Crippen molar-refractivity contribution in [2.75, 3.05) is 26.8 Å². The van der Waals surface area contributed by atoms with Crippen LogP contribution >= 0.6 is 0 Å². The maximum Gasteiger partial charge on any atom is 0.0532 e. The molecule has 2 saturated heterocycles.